The van der Waals surface area contributed by atoms with Gasteiger partial charge >= 0.3 is 0 Å². The summed E-state index contributed by atoms with van der Waals surface area (Å²) in [5, 5.41) is 2.80. The third-order valence-corrected chi connectivity index (χ3v) is 3.36. The van der Waals surface area contributed by atoms with Gasteiger partial charge in [-0.1, -0.05) is 18.2 Å². The van der Waals surface area contributed by atoms with Crippen LogP contribution in [-0.4, -0.2) is 12.5 Å². The van der Waals surface area contributed by atoms with Gasteiger partial charge in [-0.3, -0.25) is 4.79 Å². The van der Waals surface area contributed by atoms with Crippen LogP contribution in [0.5, 0.6) is 0 Å². The lowest BCUT2D eigenvalue weighted by molar-refractivity contribution is -0.115. The lowest BCUT2D eigenvalue weighted by atomic mass is 10.1. The first kappa shape index (κ1) is 12.5. The van der Waals surface area contributed by atoms with E-state index in [1.165, 1.54) is 6.07 Å². The topological polar surface area (TPSA) is 58.4 Å². The van der Waals surface area contributed by atoms with E-state index < -0.39 is 0 Å². The zero-order valence-electron chi connectivity index (χ0n) is 10.8. The molecule has 102 valence electrons. The molecule has 0 aromatic heterocycles. The number of amides is 1. The number of nitrogens with zero attached hydrogens (tertiary/aromatic N) is 1. The number of hydrogen-bond acceptors (Lipinski definition) is 3. The second-order valence-electron chi connectivity index (χ2n) is 4.73. The van der Waals surface area contributed by atoms with Crippen molar-refractivity contribution in [3.05, 3.63) is 53.8 Å². The minimum atomic E-state index is -0.353. The van der Waals surface area contributed by atoms with Crippen molar-refractivity contribution in [2.45, 2.75) is 6.54 Å². The number of anilines is 3. The van der Waals surface area contributed by atoms with E-state index in [1.807, 2.05) is 29.2 Å². The van der Waals surface area contributed by atoms with Crippen LogP contribution in [0.2, 0.25) is 0 Å². The Bertz CT molecular complexity index is 652. The number of halogens is 1. The Balaban J connectivity index is 1.97. The van der Waals surface area contributed by atoms with E-state index in [0.717, 1.165) is 11.4 Å². The second-order valence-corrected chi connectivity index (χ2v) is 4.73. The van der Waals surface area contributed by atoms with Crippen LogP contribution in [0.1, 0.15) is 5.56 Å². The number of nitrogen functional groups attached to an aromatic ring is 1. The number of benzene rings is 2. The van der Waals surface area contributed by atoms with Crippen LogP contribution in [0.25, 0.3) is 0 Å². The average molecular weight is 271 g/mol. The summed E-state index contributed by atoms with van der Waals surface area (Å²) in [7, 11) is 0. The Morgan fingerprint density at radius 1 is 1.20 bits per heavy atom. The molecule has 3 N–H and O–H groups in total. The molecule has 20 heavy (non-hydrogen) atoms. The molecule has 4 nitrogen and oxygen atoms in total. The van der Waals surface area contributed by atoms with Crippen molar-refractivity contribution in [1.82, 2.24) is 0 Å². The minimum absolute atomic E-state index is 0.112. The zero-order valence-corrected chi connectivity index (χ0v) is 10.8. The van der Waals surface area contributed by atoms with E-state index in [9.17, 15) is 9.18 Å². The molecule has 1 heterocycles. The van der Waals surface area contributed by atoms with Crippen molar-refractivity contribution in [3.63, 3.8) is 0 Å². The van der Waals surface area contributed by atoms with Crippen LogP contribution in [0.4, 0.5) is 21.5 Å². The number of carbonyl (C=O) groups is 1. The van der Waals surface area contributed by atoms with E-state index >= 15 is 0 Å². The summed E-state index contributed by atoms with van der Waals surface area (Å²) in [5.74, 6) is -0.466. The predicted octanol–water partition coefficient (Wildman–Crippen LogP) is 2.37. The molecule has 1 aliphatic rings. The number of rotatable bonds is 2. The SMILES string of the molecule is Nc1cccc(F)c1CN1CC(=O)Nc2ccccc21. The summed E-state index contributed by atoms with van der Waals surface area (Å²) in [6, 6.07) is 12.1. The molecule has 5 heteroatoms. The van der Waals surface area contributed by atoms with Crippen LogP contribution >= 0.6 is 0 Å². The van der Waals surface area contributed by atoms with Crippen LogP contribution in [0, 0.1) is 5.82 Å². The van der Waals surface area contributed by atoms with Crippen molar-refractivity contribution < 1.29 is 9.18 Å². The summed E-state index contributed by atoms with van der Waals surface area (Å²) in [5.41, 5.74) is 8.24. The normalized spacial score (nSPS) is 13.8. The number of hydrogen-bond donors (Lipinski definition) is 2. The molecular formula is C15H14FN3O. The molecule has 2 aromatic carbocycles. The van der Waals surface area contributed by atoms with E-state index in [2.05, 4.69) is 5.32 Å². The van der Waals surface area contributed by atoms with Crippen molar-refractivity contribution in [1.29, 1.82) is 0 Å². The summed E-state index contributed by atoms with van der Waals surface area (Å²) in [6.45, 7) is 0.452. The molecule has 2 aromatic rings. The maximum absolute atomic E-state index is 13.9. The van der Waals surface area contributed by atoms with Crippen molar-refractivity contribution in [3.8, 4) is 0 Å². The molecule has 0 atom stereocenters. The summed E-state index contributed by atoms with van der Waals surface area (Å²) < 4.78 is 13.9. The first-order valence-corrected chi connectivity index (χ1v) is 6.32. The maximum atomic E-state index is 13.9. The standard InChI is InChI=1S/C15H14FN3O/c16-11-4-3-5-12(17)10(11)8-19-9-15(20)18-13-6-1-2-7-14(13)19/h1-7H,8-9,17H2,(H,18,20). The highest BCUT2D eigenvalue weighted by molar-refractivity contribution is 6.01. The highest BCUT2D eigenvalue weighted by atomic mass is 19.1. The minimum Gasteiger partial charge on any atom is -0.398 e. The van der Waals surface area contributed by atoms with Gasteiger partial charge in [-0.05, 0) is 24.3 Å². The molecule has 0 aliphatic carbocycles. The number of fused-ring (bicyclic) bond motifs is 1. The van der Waals surface area contributed by atoms with Gasteiger partial charge in [0.2, 0.25) is 5.91 Å². The number of nitrogens with one attached hydrogen (secondary N) is 1. The van der Waals surface area contributed by atoms with Gasteiger partial charge in [-0.2, -0.15) is 0 Å². The average Bonchev–Trinajstić information content (AvgIpc) is 2.42. The first-order valence-electron chi connectivity index (χ1n) is 6.32. The lowest BCUT2D eigenvalue weighted by Gasteiger charge is -2.31. The van der Waals surface area contributed by atoms with E-state index in [-0.39, 0.29) is 24.8 Å². The van der Waals surface area contributed by atoms with Gasteiger partial charge in [0.15, 0.2) is 0 Å². The highest BCUT2D eigenvalue weighted by Gasteiger charge is 2.23. The Morgan fingerprint density at radius 3 is 2.80 bits per heavy atom. The fourth-order valence-electron chi connectivity index (χ4n) is 2.38. The van der Waals surface area contributed by atoms with Gasteiger partial charge in [0.1, 0.15) is 5.82 Å². The first-order chi connectivity index (χ1) is 9.65. The summed E-state index contributed by atoms with van der Waals surface area (Å²) in [6.07, 6.45) is 0. The lowest BCUT2D eigenvalue weighted by Crippen LogP contribution is -2.38. The molecule has 1 aliphatic heterocycles. The van der Waals surface area contributed by atoms with Gasteiger partial charge < -0.3 is 16.0 Å². The molecule has 0 unspecified atom stereocenters. The fraction of sp³-hybridized carbons (Fsp3) is 0.133. The van der Waals surface area contributed by atoms with E-state index in [0.29, 0.717) is 11.3 Å². The van der Waals surface area contributed by atoms with Crippen LogP contribution < -0.4 is 16.0 Å². The predicted molar refractivity (Wildman–Crippen MR) is 76.9 cm³/mol. The smallest absolute Gasteiger partial charge is 0.243 e. The molecule has 0 bridgehead atoms. The Labute approximate surface area is 116 Å². The van der Waals surface area contributed by atoms with E-state index in [1.54, 1.807) is 12.1 Å². The van der Waals surface area contributed by atoms with Gasteiger partial charge in [0, 0.05) is 17.8 Å². The van der Waals surface area contributed by atoms with Gasteiger partial charge in [-0.25, -0.2) is 4.39 Å². The Morgan fingerprint density at radius 2 is 2.00 bits per heavy atom. The van der Waals surface area contributed by atoms with Gasteiger partial charge in [0.05, 0.1) is 17.9 Å². The quantitative estimate of drug-likeness (QED) is 0.824. The van der Waals surface area contributed by atoms with Crippen LogP contribution in [0.15, 0.2) is 42.5 Å². The van der Waals surface area contributed by atoms with Crippen molar-refractivity contribution in [2.75, 3.05) is 22.5 Å². The zero-order chi connectivity index (χ0) is 14.1. The molecule has 0 saturated heterocycles. The van der Waals surface area contributed by atoms with Gasteiger partial charge in [0.25, 0.3) is 0 Å². The highest BCUT2D eigenvalue weighted by Crippen LogP contribution is 2.31. The molecule has 0 saturated carbocycles. The molecular weight excluding hydrogens is 257 g/mol. The third-order valence-electron chi connectivity index (χ3n) is 3.36. The Hall–Kier alpha value is -2.56. The fourth-order valence-corrected chi connectivity index (χ4v) is 2.38. The van der Waals surface area contributed by atoms with Crippen LogP contribution in [0.3, 0.4) is 0 Å². The summed E-state index contributed by atoms with van der Waals surface area (Å²) in [4.78, 5) is 13.5. The third kappa shape index (κ3) is 2.18. The van der Waals surface area contributed by atoms with Gasteiger partial charge in [-0.15, -0.1) is 0 Å². The maximum Gasteiger partial charge on any atom is 0.243 e. The van der Waals surface area contributed by atoms with E-state index in [4.69, 9.17) is 5.73 Å². The molecule has 1 amide bonds. The molecule has 0 fully saturated rings. The summed E-state index contributed by atoms with van der Waals surface area (Å²) >= 11 is 0. The molecule has 3 rings (SSSR count). The number of para-hydroxylation sites is 2. The van der Waals surface area contributed by atoms with Crippen molar-refractivity contribution >= 4 is 23.0 Å². The monoisotopic (exact) mass is 271 g/mol. The largest absolute Gasteiger partial charge is 0.398 e. The molecule has 0 spiro atoms. The molecule has 0 radical (unpaired) electrons. The second kappa shape index (κ2) is 4.85. The number of carbonyl (C=O) groups excluding carboxylic acids is 1. The Kier molecular flexibility index (Phi) is 3.02. The van der Waals surface area contributed by atoms with Crippen LogP contribution in [-0.2, 0) is 11.3 Å². The van der Waals surface area contributed by atoms with Crippen molar-refractivity contribution in [2.24, 2.45) is 0 Å². The number of nitrogens with two attached hydrogens (primary N) is 1.